The molecule has 0 aliphatic heterocycles. The fourth-order valence-electron chi connectivity index (χ4n) is 2.43. The Morgan fingerprint density at radius 3 is 2.43 bits per heavy atom. The molecule has 1 aromatic heterocycles. The summed E-state index contributed by atoms with van der Waals surface area (Å²) >= 11 is 0. The predicted octanol–water partition coefficient (Wildman–Crippen LogP) is 2.65. The van der Waals surface area contributed by atoms with E-state index in [1.165, 1.54) is 0 Å². The summed E-state index contributed by atoms with van der Waals surface area (Å²) in [6.45, 7) is 8.83. The first kappa shape index (κ1) is 18.2. The topological polar surface area (TPSA) is 63.1 Å². The van der Waals surface area contributed by atoms with Gasteiger partial charge in [-0.1, -0.05) is 20.3 Å². The zero-order valence-electron chi connectivity index (χ0n) is 13.8. The molecule has 0 fully saturated rings. The fourth-order valence-corrected chi connectivity index (χ4v) is 3.83. The van der Waals surface area contributed by atoms with E-state index in [0.717, 1.165) is 25.0 Å². The number of nitrogens with one attached hydrogen (secondary N) is 2. The molecule has 0 saturated heterocycles. The highest BCUT2D eigenvalue weighted by atomic mass is 32.2. The average Bonchev–Trinajstić information content (AvgIpc) is 2.83. The van der Waals surface area contributed by atoms with Gasteiger partial charge in [0, 0.05) is 30.5 Å². The summed E-state index contributed by atoms with van der Waals surface area (Å²) in [4.78, 5) is 0.357. The number of sulfonamides is 1. The summed E-state index contributed by atoms with van der Waals surface area (Å²) in [6.07, 6.45) is 4.38. The number of nitrogens with zero attached hydrogens (tertiary/aromatic N) is 1. The summed E-state index contributed by atoms with van der Waals surface area (Å²) in [5, 5.41) is 3.08. The lowest BCUT2D eigenvalue weighted by Crippen LogP contribution is -2.34. The Balaban J connectivity index is 3.05. The van der Waals surface area contributed by atoms with Crippen LogP contribution in [0.3, 0.4) is 0 Å². The zero-order chi connectivity index (χ0) is 16.0. The van der Waals surface area contributed by atoms with E-state index in [4.69, 9.17) is 0 Å². The Kier molecular flexibility index (Phi) is 6.90. The van der Waals surface area contributed by atoms with Gasteiger partial charge >= 0.3 is 0 Å². The lowest BCUT2D eigenvalue weighted by molar-refractivity contribution is 0.512. The normalized spacial score (nSPS) is 13.8. The van der Waals surface area contributed by atoms with Gasteiger partial charge in [0.25, 0.3) is 0 Å². The van der Waals surface area contributed by atoms with Gasteiger partial charge in [0.2, 0.25) is 10.0 Å². The minimum atomic E-state index is -3.45. The molecule has 0 aliphatic carbocycles. The van der Waals surface area contributed by atoms with Crippen molar-refractivity contribution >= 4 is 10.0 Å². The van der Waals surface area contributed by atoms with Crippen LogP contribution >= 0.6 is 0 Å². The van der Waals surface area contributed by atoms with E-state index in [2.05, 4.69) is 30.8 Å². The van der Waals surface area contributed by atoms with Gasteiger partial charge in [-0.15, -0.1) is 0 Å². The molecule has 122 valence electrons. The highest BCUT2D eigenvalue weighted by Gasteiger charge is 2.22. The molecular formula is C15H29N3O2S. The maximum Gasteiger partial charge on any atom is 0.242 e. The quantitative estimate of drug-likeness (QED) is 0.736. The maximum atomic E-state index is 12.5. The summed E-state index contributed by atoms with van der Waals surface area (Å²) in [5.74, 6) is 0. The van der Waals surface area contributed by atoms with Crippen LogP contribution in [-0.4, -0.2) is 26.1 Å². The molecule has 0 radical (unpaired) electrons. The molecule has 1 heterocycles. The van der Waals surface area contributed by atoms with Crippen LogP contribution in [-0.2, 0) is 16.6 Å². The van der Waals surface area contributed by atoms with Crippen molar-refractivity contribution in [1.82, 2.24) is 14.6 Å². The number of hydrogen-bond acceptors (Lipinski definition) is 3. The second-order valence-electron chi connectivity index (χ2n) is 5.71. The first-order chi connectivity index (χ1) is 9.85. The highest BCUT2D eigenvalue weighted by molar-refractivity contribution is 7.89. The molecule has 2 N–H and O–H groups in total. The molecule has 0 aromatic carbocycles. The molecule has 1 unspecified atom stereocenters. The molecule has 5 nitrogen and oxygen atoms in total. The molecule has 0 bridgehead atoms. The summed E-state index contributed by atoms with van der Waals surface area (Å²) in [5.41, 5.74) is 0.983. The van der Waals surface area contributed by atoms with Gasteiger partial charge in [-0.2, -0.15) is 0 Å². The largest absolute Gasteiger partial charge is 0.346 e. The predicted molar refractivity (Wildman–Crippen MR) is 86.9 cm³/mol. The van der Waals surface area contributed by atoms with Crippen molar-refractivity contribution in [2.75, 3.05) is 7.05 Å². The van der Waals surface area contributed by atoms with Crippen LogP contribution in [0.1, 0.15) is 58.7 Å². The van der Waals surface area contributed by atoms with E-state index < -0.39 is 10.0 Å². The number of rotatable bonds is 9. The number of aromatic nitrogens is 1. The minimum absolute atomic E-state index is 0.00940. The van der Waals surface area contributed by atoms with Crippen molar-refractivity contribution in [3.63, 3.8) is 0 Å². The van der Waals surface area contributed by atoms with E-state index in [1.54, 1.807) is 12.3 Å². The van der Waals surface area contributed by atoms with E-state index >= 15 is 0 Å². The van der Waals surface area contributed by atoms with E-state index in [0.29, 0.717) is 11.4 Å². The number of hydrogen-bond donors (Lipinski definition) is 2. The SMILES string of the molecule is CCCC(CC)NS(=O)(=O)c1cc(CNC)n(C(C)C)c1. The van der Waals surface area contributed by atoms with Crippen molar-refractivity contribution < 1.29 is 8.42 Å². The van der Waals surface area contributed by atoms with Crippen LogP contribution in [0.2, 0.25) is 0 Å². The van der Waals surface area contributed by atoms with Crippen LogP contribution in [0, 0.1) is 0 Å². The zero-order valence-corrected chi connectivity index (χ0v) is 14.6. The molecular weight excluding hydrogens is 286 g/mol. The van der Waals surface area contributed by atoms with Crippen molar-refractivity contribution in [3.8, 4) is 0 Å². The minimum Gasteiger partial charge on any atom is -0.346 e. The second-order valence-corrected chi connectivity index (χ2v) is 7.43. The first-order valence-corrected chi connectivity index (χ1v) is 9.21. The molecule has 0 saturated carbocycles. The van der Waals surface area contributed by atoms with Crippen molar-refractivity contribution in [3.05, 3.63) is 18.0 Å². The van der Waals surface area contributed by atoms with Gasteiger partial charge in [-0.05, 0) is 39.8 Å². The summed E-state index contributed by atoms with van der Waals surface area (Å²) in [7, 11) is -1.59. The smallest absolute Gasteiger partial charge is 0.242 e. The Morgan fingerprint density at radius 2 is 1.95 bits per heavy atom. The molecule has 1 rings (SSSR count). The summed E-state index contributed by atoms with van der Waals surface area (Å²) in [6, 6.07) is 2.00. The Morgan fingerprint density at radius 1 is 1.29 bits per heavy atom. The second kappa shape index (κ2) is 7.96. The van der Waals surface area contributed by atoms with Gasteiger partial charge < -0.3 is 9.88 Å². The van der Waals surface area contributed by atoms with Gasteiger partial charge in [-0.25, -0.2) is 13.1 Å². The molecule has 21 heavy (non-hydrogen) atoms. The van der Waals surface area contributed by atoms with Gasteiger partial charge in [0.15, 0.2) is 0 Å². The van der Waals surface area contributed by atoms with Gasteiger partial charge in [0.05, 0.1) is 4.90 Å². The third-order valence-electron chi connectivity index (χ3n) is 3.58. The fraction of sp³-hybridized carbons (Fsp3) is 0.733. The molecule has 1 aromatic rings. The lowest BCUT2D eigenvalue weighted by Gasteiger charge is -2.15. The standard InChI is InChI=1S/C15H29N3O2S/c1-6-8-13(7-2)17-21(19,20)15-9-14(10-16-5)18(11-15)12(3)4/h9,11-13,16-17H,6-8,10H2,1-5H3. The molecule has 0 spiro atoms. The Hall–Kier alpha value is -0.850. The van der Waals surface area contributed by atoms with E-state index in [9.17, 15) is 8.42 Å². The summed E-state index contributed by atoms with van der Waals surface area (Å²) < 4.78 is 29.9. The van der Waals surface area contributed by atoms with Crippen LogP contribution in [0.5, 0.6) is 0 Å². The average molecular weight is 315 g/mol. The van der Waals surface area contributed by atoms with Crippen molar-refractivity contribution in [2.45, 2.75) is 70.5 Å². The molecule has 1 atom stereocenters. The Labute approximate surface area is 129 Å². The monoisotopic (exact) mass is 315 g/mol. The lowest BCUT2D eigenvalue weighted by atomic mass is 10.1. The third kappa shape index (κ3) is 4.83. The van der Waals surface area contributed by atoms with Gasteiger partial charge in [-0.3, -0.25) is 0 Å². The van der Waals surface area contributed by atoms with E-state index in [-0.39, 0.29) is 12.1 Å². The third-order valence-corrected chi connectivity index (χ3v) is 5.07. The van der Waals surface area contributed by atoms with Crippen LogP contribution < -0.4 is 10.0 Å². The van der Waals surface area contributed by atoms with E-state index in [1.807, 2.05) is 18.5 Å². The molecule has 0 amide bonds. The molecule has 6 heteroatoms. The van der Waals surface area contributed by atoms with Crippen molar-refractivity contribution in [2.24, 2.45) is 0 Å². The first-order valence-electron chi connectivity index (χ1n) is 7.73. The van der Waals surface area contributed by atoms with Crippen LogP contribution in [0.15, 0.2) is 17.2 Å². The Bertz CT molecular complexity index is 535. The van der Waals surface area contributed by atoms with Crippen LogP contribution in [0.4, 0.5) is 0 Å². The van der Waals surface area contributed by atoms with Gasteiger partial charge in [0.1, 0.15) is 0 Å². The van der Waals surface area contributed by atoms with Crippen LogP contribution in [0.25, 0.3) is 0 Å². The van der Waals surface area contributed by atoms with Crippen molar-refractivity contribution in [1.29, 1.82) is 0 Å². The molecule has 0 aliphatic rings. The maximum absolute atomic E-state index is 12.5. The highest BCUT2D eigenvalue weighted by Crippen LogP contribution is 2.20.